The summed E-state index contributed by atoms with van der Waals surface area (Å²) in [4.78, 5) is 4.92. The quantitative estimate of drug-likeness (QED) is 0.381. The van der Waals surface area contributed by atoms with Gasteiger partial charge in [0.25, 0.3) is 0 Å². The summed E-state index contributed by atoms with van der Waals surface area (Å²) in [6.45, 7) is 30.8. The van der Waals surface area contributed by atoms with Crippen molar-refractivity contribution in [2.24, 2.45) is 22.2 Å². The summed E-state index contributed by atoms with van der Waals surface area (Å²) in [6.07, 6.45) is 3.19. The molecule has 0 spiro atoms. The maximum atomic E-state index is 8.89. The molecule has 3 atom stereocenters. The third-order valence-corrected chi connectivity index (χ3v) is 6.63. The average Bonchev–Trinajstić information content (AvgIpc) is 2.75. The first-order valence-corrected chi connectivity index (χ1v) is 14.9. The largest absolute Gasteiger partial charge is 0.393 e. The molecule has 0 aliphatic carbocycles. The highest BCUT2D eigenvalue weighted by Crippen LogP contribution is 2.32. The van der Waals surface area contributed by atoms with E-state index in [-0.39, 0.29) is 11.5 Å². The third-order valence-electron chi connectivity index (χ3n) is 6.63. The van der Waals surface area contributed by atoms with Crippen LogP contribution in [0.25, 0.3) is 0 Å². The molecule has 1 N–H and O–H groups in total. The summed E-state index contributed by atoms with van der Waals surface area (Å²) in [5.74, 6) is 0.738. The molecule has 224 valence electrons. The number of hydrogen-bond donors (Lipinski definition) is 1. The first-order valence-electron chi connectivity index (χ1n) is 14.9. The Kier molecular flexibility index (Phi) is 16.6. The maximum absolute atomic E-state index is 8.89. The Hall–Kier alpha value is -0.940. The van der Waals surface area contributed by atoms with Crippen molar-refractivity contribution in [2.75, 3.05) is 40.4 Å². The van der Waals surface area contributed by atoms with Crippen LogP contribution in [-0.2, 0) is 4.74 Å². The second kappa shape index (κ2) is 17.0. The van der Waals surface area contributed by atoms with Gasteiger partial charge >= 0.3 is 0 Å². The standard InChI is InChI=1S/C14H23N.C13H27NO.C7H16O/c1-14(2,3)11-13(15(4)5)12-9-7-6-8-10-12;1-11(2)12(10-13(3,4)5)14-6-8-15-9-7-14;1-6(8)5-7(2,3)4/h6-10,13H,11H2,1-5H3;11-12H,6-10H2,1-5H3;6,8H,5H2,1-4H3. The van der Waals surface area contributed by atoms with Crippen molar-refractivity contribution >= 4 is 0 Å². The molecule has 1 aromatic rings. The van der Waals surface area contributed by atoms with Crippen molar-refractivity contribution in [3.63, 3.8) is 0 Å². The minimum Gasteiger partial charge on any atom is -0.393 e. The number of morpholine rings is 1. The fourth-order valence-electron chi connectivity index (χ4n) is 5.06. The molecule has 2 rings (SSSR count). The number of hydrogen-bond acceptors (Lipinski definition) is 4. The molecule has 4 heteroatoms. The zero-order chi connectivity index (χ0) is 29.7. The summed E-state index contributed by atoms with van der Waals surface area (Å²) < 4.78 is 5.42. The number of nitrogens with zero attached hydrogens (tertiary/aromatic N) is 2. The molecule has 0 amide bonds. The van der Waals surface area contributed by atoms with Gasteiger partial charge in [-0.3, -0.25) is 4.90 Å². The summed E-state index contributed by atoms with van der Waals surface area (Å²) in [5, 5.41) is 8.89. The second-order valence-corrected chi connectivity index (χ2v) is 15.5. The van der Waals surface area contributed by atoms with Gasteiger partial charge in [0.15, 0.2) is 0 Å². The number of ether oxygens (including phenoxy) is 1. The van der Waals surface area contributed by atoms with E-state index in [0.717, 1.165) is 38.6 Å². The van der Waals surface area contributed by atoms with Gasteiger partial charge < -0.3 is 14.7 Å². The van der Waals surface area contributed by atoms with Crippen LogP contribution < -0.4 is 0 Å². The topological polar surface area (TPSA) is 35.9 Å². The molecular formula is C34H66N2O2. The third kappa shape index (κ3) is 19.2. The van der Waals surface area contributed by atoms with E-state index in [2.05, 4.69) is 130 Å². The fraction of sp³-hybridized carbons (Fsp3) is 0.824. The summed E-state index contributed by atoms with van der Waals surface area (Å²) in [5.41, 5.74) is 2.48. The minimum absolute atomic E-state index is 0.157. The van der Waals surface area contributed by atoms with Crippen LogP contribution in [0.15, 0.2) is 30.3 Å². The molecule has 1 aliphatic rings. The maximum Gasteiger partial charge on any atom is 0.0594 e. The van der Waals surface area contributed by atoms with E-state index in [0.29, 0.717) is 22.9 Å². The smallest absolute Gasteiger partial charge is 0.0594 e. The first kappa shape index (κ1) is 37.1. The molecule has 0 radical (unpaired) electrons. The Morgan fingerprint density at radius 2 is 1.21 bits per heavy atom. The second-order valence-electron chi connectivity index (χ2n) is 15.5. The summed E-state index contributed by atoms with van der Waals surface area (Å²) in [7, 11) is 4.31. The van der Waals surface area contributed by atoms with Crippen LogP contribution in [0.4, 0.5) is 0 Å². The highest BCUT2D eigenvalue weighted by molar-refractivity contribution is 5.19. The van der Waals surface area contributed by atoms with Crippen molar-refractivity contribution in [3.8, 4) is 0 Å². The van der Waals surface area contributed by atoms with Gasteiger partial charge in [-0.15, -0.1) is 0 Å². The number of rotatable bonds is 7. The lowest BCUT2D eigenvalue weighted by Gasteiger charge is -2.40. The zero-order valence-corrected chi connectivity index (χ0v) is 27.9. The summed E-state index contributed by atoms with van der Waals surface area (Å²) >= 11 is 0. The van der Waals surface area contributed by atoms with E-state index < -0.39 is 0 Å². The van der Waals surface area contributed by atoms with Gasteiger partial charge in [0.05, 0.1) is 19.3 Å². The van der Waals surface area contributed by atoms with E-state index in [1.54, 1.807) is 0 Å². The van der Waals surface area contributed by atoms with Crippen LogP contribution in [0.5, 0.6) is 0 Å². The highest BCUT2D eigenvalue weighted by Gasteiger charge is 2.28. The Morgan fingerprint density at radius 3 is 1.53 bits per heavy atom. The lowest BCUT2D eigenvalue weighted by atomic mass is 9.83. The monoisotopic (exact) mass is 535 g/mol. The van der Waals surface area contributed by atoms with E-state index in [9.17, 15) is 0 Å². The molecule has 0 saturated carbocycles. The lowest BCUT2D eigenvalue weighted by molar-refractivity contribution is -0.00392. The molecule has 38 heavy (non-hydrogen) atoms. The predicted octanol–water partition coefficient (Wildman–Crippen LogP) is 8.31. The minimum atomic E-state index is -0.157. The van der Waals surface area contributed by atoms with E-state index in [1.807, 2.05) is 6.92 Å². The van der Waals surface area contributed by atoms with Crippen LogP contribution in [0.1, 0.15) is 114 Å². The highest BCUT2D eigenvalue weighted by atomic mass is 16.5. The molecule has 0 aromatic heterocycles. The lowest BCUT2D eigenvalue weighted by Crippen LogP contribution is -2.47. The normalized spacial score (nSPS) is 17.7. The molecule has 1 saturated heterocycles. The SMILES string of the molecule is CC(C)C(CC(C)(C)C)N1CCOCC1.CC(O)CC(C)(C)C.CN(C)C(CC(C)(C)C)c1ccccc1. The fourth-order valence-corrected chi connectivity index (χ4v) is 5.06. The van der Waals surface area contributed by atoms with Gasteiger partial charge in [-0.1, -0.05) is 106 Å². The van der Waals surface area contributed by atoms with Crippen molar-refractivity contribution in [2.45, 2.75) is 121 Å². The van der Waals surface area contributed by atoms with Gasteiger partial charge in [0.2, 0.25) is 0 Å². The van der Waals surface area contributed by atoms with Gasteiger partial charge in [-0.25, -0.2) is 0 Å². The number of aliphatic hydroxyl groups excluding tert-OH is 1. The Balaban J connectivity index is 0.000000569. The molecule has 3 unspecified atom stereocenters. The number of benzene rings is 1. The molecule has 1 fully saturated rings. The van der Waals surface area contributed by atoms with Gasteiger partial charge in [-0.2, -0.15) is 0 Å². The van der Waals surface area contributed by atoms with Crippen molar-refractivity contribution in [1.82, 2.24) is 9.80 Å². The van der Waals surface area contributed by atoms with Crippen LogP contribution in [0.3, 0.4) is 0 Å². The van der Waals surface area contributed by atoms with Crippen LogP contribution in [0, 0.1) is 22.2 Å². The molecule has 1 aromatic carbocycles. The summed E-state index contributed by atoms with van der Waals surface area (Å²) in [6, 6.07) is 12.0. The van der Waals surface area contributed by atoms with Gasteiger partial charge in [-0.05, 0) is 68.0 Å². The molecule has 1 heterocycles. The van der Waals surface area contributed by atoms with Crippen LogP contribution in [-0.4, -0.2) is 67.5 Å². The van der Waals surface area contributed by atoms with Crippen molar-refractivity contribution in [1.29, 1.82) is 0 Å². The number of aliphatic hydroxyl groups is 1. The molecule has 1 aliphatic heterocycles. The Labute approximate surface area is 238 Å². The van der Waals surface area contributed by atoms with Crippen molar-refractivity contribution in [3.05, 3.63) is 35.9 Å². The molecular weight excluding hydrogens is 468 g/mol. The molecule has 4 nitrogen and oxygen atoms in total. The van der Waals surface area contributed by atoms with Crippen LogP contribution in [0.2, 0.25) is 0 Å². The van der Waals surface area contributed by atoms with Gasteiger partial charge in [0, 0.05) is 25.2 Å². The van der Waals surface area contributed by atoms with Crippen LogP contribution >= 0.6 is 0 Å². The average molecular weight is 535 g/mol. The van der Waals surface area contributed by atoms with Crippen molar-refractivity contribution < 1.29 is 9.84 Å². The Morgan fingerprint density at radius 1 is 0.763 bits per heavy atom. The Bertz CT molecular complexity index is 703. The first-order chi connectivity index (χ1) is 17.2. The van der Waals surface area contributed by atoms with E-state index >= 15 is 0 Å². The molecule has 0 bridgehead atoms. The predicted molar refractivity (Wildman–Crippen MR) is 168 cm³/mol. The van der Waals surface area contributed by atoms with E-state index in [1.165, 1.54) is 18.4 Å². The van der Waals surface area contributed by atoms with E-state index in [4.69, 9.17) is 9.84 Å². The van der Waals surface area contributed by atoms with Gasteiger partial charge in [0.1, 0.15) is 0 Å². The zero-order valence-electron chi connectivity index (χ0n) is 27.9.